The molecule has 0 aromatic heterocycles. The SMILES string of the molecule is COc1cc(C(=O)Nc2cccc(C#N)c2)cc(Cl)c1OC. The summed E-state index contributed by atoms with van der Waals surface area (Å²) in [6.45, 7) is 0. The first-order valence-electron chi connectivity index (χ1n) is 6.32. The quantitative estimate of drug-likeness (QED) is 0.937. The number of carbonyl (C=O) groups is 1. The molecule has 1 amide bonds. The van der Waals surface area contributed by atoms with Crippen LogP contribution in [0.3, 0.4) is 0 Å². The van der Waals surface area contributed by atoms with Crippen LogP contribution < -0.4 is 14.8 Å². The van der Waals surface area contributed by atoms with E-state index in [1.165, 1.54) is 26.4 Å². The molecular weight excluding hydrogens is 304 g/mol. The van der Waals surface area contributed by atoms with Gasteiger partial charge >= 0.3 is 0 Å². The molecule has 0 fully saturated rings. The minimum absolute atomic E-state index is 0.276. The molecule has 1 N–H and O–H groups in total. The molecule has 0 unspecified atom stereocenters. The Balaban J connectivity index is 2.30. The van der Waals surface area contributed by atoms with Crippen LogP contribution in [-0.2, 0) is 0 Å². The summed E-state index contributed by atoms with van der Waals surface area (Å²) in [4.78, 5) is 12.3. The highest BCUT2D eigenvalue weighted by Crippen LogP contribution is 2.36. The predicted molar refractivity (Wildman–Crippen MR) is 83.7 cm³/mol. The maximum absolute atomic E-state index is 12.3. The summed E-state index contributed by atoms with van der Waals surface area (Å²) in [7, 11) is 2.93. The van der Waals surface area contributed by atoms with Crippen molar-refractivity contribution < 1.29 is 14.3 Å². The Hall–Kier alpha value is -2.71. The van der Waals surface area contributed by atoms with Gasteiger partial charge < -0.3 is 14.8 Å². The first-order valence-corrected chi connectivity index (χ1v) is 6.70. The Morgan fingerprint density at radius 2 is 2.00 bits per heavy atom. The zero-order chi connectivity index (χ0) is 16.1. The van der Waals surface area contributed by atoms with Crippen LogP contribution in [-0.4, -0.2) is 20.1 Å². The molecule has 6 heteroatoms. The van der Waals surface area contributed by atoms with Crippen molar-refractivity contribution in [3.8, 4) is 17.6 Å². The highest BCUT2D eigenvalue weighted by Gasteiger charge is 2.15. The number of rotatable bonds is 4. The Kier molecular flexibility index (Phi) is 4.87. The van der Waals surface area contributed by atoms with Crippen LogP contribution in [0.1, 0.15) is 15.9 Å². The molecule has 0 aliphatic rings. The average molecular weight is 317 g/mol. The van der Waals surface area contributed by atoms with E-state index in [1.54, 1.807) is 24.3 Å². The molecule has 0 aliphatic carbocycles. The maximum Gasteiger partial charge on any atom is 0.255 e. The zero-order valence-electron chi connectivity index (χ0n) is 12.0. The van der Waals surface area contributed by atoms with Gasteiger partial charge in [0.1, 0.15) is 0 Å². The van der Waals surface area contributed by atoms with E-state index in [1.807, 2.05) is 6.07 Å². The monoisotopic (exact) mass is 316 g/mol. The summed E-state index contributed by atoms with van der Waals surface area (Å²) in [6, 6.07) is 11.7. The summed E-state index contributed by atoms with van der Waals surface area (Å²) in [5, 5.41) is 11.8. The Bertz CT molecular complexity index is 754. The van der Waals surface area contributed by atoms with Crippen LogP contribution in [0.25, 0.3) is 0 Å². The minimum Gasteiger partial charge on any atom is -0.493 e. The van der Waals surface area contributed by atoms with Crippen molar-refractivity contribution in [1.82, 2.24) is 0 Å². The smallest absolute Gasteiger partial charge is 0.255 e. The van der Waals surface area contributed by atoms with Crippen LogP contribution in [0.4, 0.5) is 5.69 Å². The van der Waals surface area contributed by atoms with Crippen molar-refractivity contribution in [2.24, 2.45) is 0 Å². The Labute approximate surface area is 133 Å². The van der Waals surface area contributed by atoms with Gasteiger partial charge in [0, 0.05) is 11.3 Å². The first-order chi connectivity index (χ1) is 10.6. The molecule has 0 spiro atoms. The van der Waals surface area contributed by atoms with E-state index in [9.17, 15) is 4.79 Å². The maximum atomic E-state index is 12.3. The highest BCUT2D eigenvalue weighted by atomic mass is 35.5. The number of hydrogen-bond acceptors (Lipinski definition) is 4. The van der Waals surface area contributed by atoms with E-state index in [4.69, 9.17) is 26.3 Å². The number of benzene rings is 2. The molecule has 112 valence electrons. The van der Waals surface area contributed by atoms with Crippen LogP contribution in [0.15, 0.2) is 36.4 Å². The van der Waals surface area contributed by atoms with Crippen molar-refractivity contribution in [3.63, 3.8) is 0 Å². The lowest BCUT2D eigenvalue weighted by molar-refractivity contribution is 0.102. The number of methoxy groups -OCH3 is 2. The number of halogens is 1. The van der Waals surface area contributed by atoms with E-state index < -0.39 is 0 Å². The number of nitriles is 1. The van der Waals surface area contributed by atoms with Crippen molar-refractivity contribution >= 4 is 23.2 Å². The fourth-order valence-corrected chi connectivity index (χ4v) is 2.21. The molecule has 5 nitrogen and oxygen atoms in total. The van der Waals surface area contributed by atoms with E-state index in [2.05, 4.69) is 5.32 Å². The van der Waals surface area contributed by atoms with Crippen molar-refractivity contribution in [3.05, 3.63) is 52.5 Å². The lowest BCUT2D eigenvalue weighted by Gasteiger charge is -2.12. The normalized spacial score (nSPS) is 9.73. The molecule has 2 aromatic rings. The lowest BCUT2D eigenvalue weighted by atomic mass is 10.1. The van der Waals surface area contributed by atoms with Crippen LogP contribution in [0, 0.1) is 11.3 Å². The second kappa shape index (κ2) is 6.83. The number of hydrogen-bond donors (Lipinski definition) is 1. The number of nitrogens with zero attached hydrogens (tertiary/aromatic N) is 1. The summed E-state index contributed by atoms with van der Waals surface area (Å²) in [6.07, 6.45) is 0. The van der Waals surface area contributed by atoms with Gasteiger partial charge in [0.25, 0.3) is 5.91 Å². The molecule has 2 rings (SSSR count). The first kappa shape index (κ1) is 15.7. The van der Waals surface area contributed by atoms with Gasteiger partial charge in [0.2, 0.25) is 0 Å². The standard InChI is InChI=1S/C16H13ClN2O3/c1-21-14-8-11(7-13(17)15(14)22-2)16(20)19-12-5-3-4-10(6-12)9-18/h3-8H,1-2H3,(H,19,20). The average Bonchev–Trinajstić information content (AvgIpc) is 2.54. The van der Waals surface area contributed by atoms with E-state index >= 15 is 0 Å². The molecule has 0 bridgehead atoms. The number of carbonyl (C=O) groups excluding carboxylic acids is 1. The second-order valence-electron chi connectivity index (χ2n) is 4.34. The Morgan fingerprint density at radius 1 is 1.23 bits per heavy atom. The highest BCUT2D eigenvalue weighted by molar-refractivity contribution is 6.32. The third-order valence-corrected chi connectivity index (χ3v) is 3.23. The van der Waals surface area contributed by atoms with Gasteiger partial charge in [-0.1, -0.05) is 17.7 Å². The molecule has 22 heavy (non-hydrogen) atoms. The van der Waals surface area contributed by atoms with Crippen molar-refractivity contribution in [2.75, 3.05) is 19.5 Å². The number of ether oxygens (including phenoxy) is 2. The summed E-state index contributed by atoms with van der Waals surface area (Å²) in [5.41, 5.74) is 1.31. The predicted octanol–water partition coefficient (Wildman–Crippen LogP) is 3.48. The topological polar surface area (TPSA) is 71.3 Å². The third kappa shape index (κ3) is 3.30. The zero-order valence-corrected chi connectivity index (χ0v) is 12.8. The number of nitrogens with one attached hydrogen (secondary N) is 1. The molecule has 0 aliphatic heterocycles. The number of amides is 1. The minimum atomic E-state index is -0.363. The second-order valence-corrected chi connectivity index (χ2v) is 4.75. The van der Waals surface area contributed by atoms with Crippen LogP contribution in [0.5, 0.6) is 11.5 Å². The molecule has 0 saturated carbocycles. The van der Waals surface area contributed by atoms with Gasteiger partial charge in [0.15, 0.2) is 11.5 Å². The van der Waals surface area contributed by atoms with Crippen molar-refractivity contribution in [1.29, 1.82) is 5.26 Å². The van der Waals surface area contributed by atoms with E-state index in [0.29, 0.717) is 28.3 Å². The molecule has 0 radical (unpaired) electrons. The summed E-state index contributed by atoms with van der Waals surface area (Å²) in [5.74, 6) is 0.371. The largest absolute Gasteiger partial charge is 0.493 e. The van der Waals surface area contributed by atoms with Gasteiger partial charge in [-0.3, -0.25) is 4.79 Å². The van der Waals surface area contributed by atoms with E-state index in [0.717, 1.165) is 0 Å². The summed E-state index contributed by atoms with van der Waals surface area (Å²) >= 11 is 6.08. The van der Waals surface area contributed by atoms with Crippen LogP contribution >= 0.6 is 11.6 Å². The lowest BCUT2D eigenvalue weighted by Crippen LogP contribution is -2.12. The van der Waals surface area contributed by atoms with Crippen molar-refractivity contribution in [2.45, 2.75) is 0 Å². The van der Waals surface area contributed by atoms with Gasteiger partial charge in [-0.25, -0.2) is 0 Å². The molecule has 0 heterocycles. The summed E-state index contributed by atoms with van der Waals surface area (Å²) < 4.78 is 10.3. The molecule has 2 aromatic carbocycles. The third-order valence-electron chi connectivity index (χ3n) is 2.95. The van der Waals surface area contributed by atoms with E-state index in [-0.39, 0.29) is 10.9 Å². The fraction of sp³-hybridized carbons (Fsp3) is 0.125. The Morgan fingerprint density at radius 3 is 2.64 bits per heavy atom. The molecule has 0 saturated heterocycles. The van der Waals surface area contributed by atoms with Gasteiger partial charge in [0.05, 0.1) is 30.9 Å². The van der Waals surface area contributed by atoms with Crippen LogP contribution in [0.2, 0.25) is 5.02 Å². The van der Waals surface area contributed by atoms with Gasteiger partial charge in [-0.2, -0.15) is 5.26 Å². The molecule has 0 atom stereocenters. The van der Waals surface area contributed by atoms with Gasteiger partial charge in [-0.15, -0.1) is 0 Å². The van der Waals surface area contributed by atoms with Gasteiger partial charge in [-0.05, 0) is 30.3 Å². The number of anilines is 1. The fourth-order valence-electron chi connectivity index (χ4n) is 1.92. The molecular formula is C16H13ClN2O3.